The maximum Gasteiger partial charge on any atom is 0.196 e. The van der Waals surface area contributed by atoms with E-state index in [4.69, 9.17) is 4.74 Å². The molecule has 0 aliphatic carbocycles. The van der Waals surface area contributed by atoms with Crippen LogP contribution in [0.15, 0.2) is 78.9 Å². The molecule has 0 fully saturated rings. The number of carbonyl (C=O) groups is 1. The van der Waals surface area contributed by atoms with Crippen LogP contribution in [0.2, 0.25) is 0 Å². The van der Waals surface area contributed by atoms with E-state index in [1.54, 1.807) is 36.4 Å². The molecule has 216 valence electrons. The Morgan fingerprint density at radius 3 is 2.19 bits per heavy atom. The lowest BCUT2D eigenvalue weighted by molar-refractivity contribution is 0.103. The molecule has 0 saturated carbocycles. The SMILES string of the molecule is CCCCCCCCOc1ccc(C(=O)c2ccccc2)c(O)c1Cc1cc(C)cc(-n2nc3ccccc3n2)c1O. The molecule has 2 N–H and O–H groups in total. The van der Waals surface area contributed by atoms with Crippen LogP contribution in [0.5, 0.6) is 17.2 Å². The Morgan fingerprint density at radius 1 is 0.810 bits per heavy atom. The Bertz CT molecular complexity index is 1640. The van der Waals surface area contributed by atoms with Crippen molar-refractivity contribution in [3.63, 3.8) is 0 Å². The first-order chi connectivity index (χ1) is 20.5. The monoisotopic (exact) mass is 563 g/mol. The molecule has 0 aliphatic heterocycles. The standard InChI is InChI=1S/C35H37N3O4/c1-3-4-5-6-7-13-20-42-32-19-18-27(33(39)25-14-9-8-10-15-25)35(41)28(32)23-26-21-24(2)22-31(34(26)40)38-36-29-16-11-12-17-30(29)37-38/h8-12,14-19,21-22,40-41H,3-7,13,20,23H2,1-2H3. The number of phenols is 2. The van der Waals surface area contributed by atoms with E-state index in [0.29, 0.717) is 34.7 Å². The second-order valence-electron chi connectivity index (χ2n) is 10.7. The lowest BCUT2D eigenvalue weighted by atomic mass is 9.94. The van der Waals surface area contributed by atoms with Crippen molar-refractivity contribution in [2.24, 2.45) is 0 Å². The molecule has 0 spiro atoms. The summed E-state index contributed by atoms with van der Waals surface area (Å²) in [5.74, 6) is 0.0752. The van der Waals surface area contributed by atoms with Crippen molar-refractivity contribution in [3.05, 3.63) is 107 Å². The molecule has 0 saturated heterocycles. The quantitative estimate of drug-likeness (QED) is 0.113. The number of aryl methyl sites for hydroxylation is 1. The maximum atomic E-state index is 13.3. The highest BCUT2D eigenvalue weighted by molar-refractivity contribution is 6.11. The number of hydrogen-bond acceptors (Lipinski definition) is 6. The Balaban J connectivity index is 1.48. The van der Waals surface area contributed by atoms with Crippen LogP contribution in [-0.2, 0) is 6.42 Å². The van der Waals surface area contributed by atoms with Gasteiger partial charge in [-0.25, -0.2) is 0 Å². The molecule has 0 amide bonds. The minimum Gasteiger partial charge on any atom is -0.507 e. The Morgan fingerprint density at radius 2 is 1.48 bits per heavy atom. The molecule has 5 aromatic rings. The number of ether oxygens (including phenoxy) is 1. The first kappa shape index (κ1) is 28.9. The number of benzene rings is 4. The van der Waals surface area contributed by atoms with Crippen molar-refractivity contribution in [1.29, 1.82) is 0 Å². The summed E-state index contributed by atoms with van der Waals surface area (Å²) >= 11 is 0. The van der Waals surface area contributed by atoms with Gasteiger partial charge in [0.15, 0.2) is 5.78 Å². The topological polar surface area (TPSA) is 97.5 Å². The average molecular weight is 564 g/mol. The van der Waals surface area contributed by atoms with Gasteiger partial charge in [-0.3, -0.25) is 4.79 Å². The highest BCUT2D eigenvalue weighted by Gasteiger charge is 2.22. The highest BCUT2D eigenvalue weighted by atomic mass is 16.5. The lowest BCUT2D eigenvalue weighted by Crippen LogP contribution is -2.07. The van der Waals surface area contributed by atoms with E-state index < -0.39 is 0 Å². The van der Waals surface area contributed by atoms with Crippen molar-refractivity contribution in [2.75, 3.05) is 6.61 Å². The van der Waals surface area contributed by atoms with Gasteiger partial charge in [-0.15, -0.1) is 15.0 Å². The molecular formula is C35H37N3O4. The number of unbranched alkanes of at least 4 members (excludes halogenated alkanes) is 5. The first-order valence-electron chi connectivity index (χ1n) is 14.7. The predicted molar refractivity (Wildman–Crippen MR) is 165 cm³/mol. The smallest absolute Gasteiger partial charge is 0.196 e. The summed E-state index contributed by atoms with van der Waals surface area (Å²) < 4.78 is 6.18. The molecule has 0 unspecified atom stereocenters. The number of rotatable bonds is 13. The molecule has 0 radical (unpaired) electrons. The van der Waals surface area contributed by atoms with Gasteiger partial charge in [0.1, 0.15) is 34.0 Å². The van der Waals surface area contributed by atoms with Gasteiger partial charge >= 0.3 is 0 Å². The molecule has 42 heavy (non-hydrogen) atoms. The van der Waals surface area contributed by atoms with Gasteiger partial charge in [0, 0.05) is 23.1 Å². The zero-order valence-electron chi connectivity index (χ0n) is 24.2. The van der Waals surface area contributed by atoms with E-state index in [1.807, 2.05) is 49.4 Å². The zero-order chi connectivity index (χ0) is 29.5. The van der Waals surface area contributed by atoms with Crippen LogP contribution in [0.3, 0.4) is 0 Å². The number of carbonyl (C=O) groups excluding carboxylic acids is 1. The van der Waals surface area contributed by atoms with Gasteiger partial charge in [0.2, 0.25) is 0 Å². The van der Waals surface area contributed by atoms with E-state index in [9.17, 15) is 15.0 Å². The Hall–Kier alpha value is -4.65. The molecule has 0 bridgehead atoms. The third kappa shape index (κ3) is 6.46. The van der Waals surface area contributed by atoms with Gasteiger partial charge in [0.05, 0.1) is 12.2 Å². The molecule has 0 aliphatic rings. The van der Waals surface area contributed by atoms with Crippen LogP contribution in [-0.4, -0.2) is 37.6 Å². The number of aromatic nitrogens is 3. The molecular weight excluding hydrogens is 526 g/mol. The minimum absolute atomic E-state index is 0.00182. The summed E-state index contributed by atoms with van der Waals surface area (Å²) in [6, 6.07) is 23.5. The van der Waals surface area contributed by atoms with Crippen molar-refractivity contribution < 1.29 is 19.7 Å². The Labute approximate surface area is 246 Å². The molecule has 7 heteroatoms. The lowest BCUT2D eigenvalue weighted by Gasteiger charge is -2.17. The van der Waals surface area contributed by atoms with Crippen molar-refractivity contribution in [2.45, 2.75) is 58.8 Å². The fraction of sp³-hybridized carbons (Fsp3) is 0.286. The number of ketones is 1. The zero-order valence-corrected chi connectivity index (χ0v) is 24.2. The molecule has 1 aromatic heterocycles. The third-order valence-corrected chi connectivity index (χ3v) is 7.46. The highest BCUT2D eigenvalue weighted by Crippen LogP contribution is 2.38. The third-order valence-electron chi connectivity index (χ3n) is 7.46. The summed E-state index contributed by atoms with van der Waals surface area (Å²) in [6.45, 7) is 4.63. The summed E-state index contributed by atoms with van der Waals surface area (Å²) in [5.41, 5.74) is 4.46. The Kier molecular flexibility index (Phi) is 9.17. The molecule has 5 rings (SSSR count). The van der Waals surface area contributed by atoms with E-state index >= 15 is 0 Å². The minimum atomic E-state index is -0.279. The van der Waals surface area contributed by atoms with Gasteiger partial charge in [-0.1, -0.05) is 87.6 Å². The van der Waals surface area contributed by atoms with Crippen molar-refractivity contribution in [1.82, 2.24) is 15.0 Å². The van der Waals surface area contributed by atoms with Crippen LogP contribution >= 0.6 is 0 Å². The van der Waals surface area contributed by atoms with Crippen LogP contribution in [0, 0.1) is 6.92 Å². The van der Waals surface area contributed by atoms with Crippen molar-refractivity contribution >= 4 is 16.8 Å². The van der Waals surface area contributed by atoms with Crippen LogP contribution < -0.4 is 4.74 Å². The number of aromatic hydroxyl groups is 2. The fourth-order valence-corrected chi connectivity index (χ4v) is 5.20. The maximum absolute atomic E-state index is 13.3. The number of fused-ring (bicyclic) bond motifs is 1. The molecule has 4 aromatic carbocycles. The summed E-state index contributed by atoms with van der Waals surface area (Å²) in [4.78, 5) is 14.8. The first-order valence-corrected chi connectivity index (χ1v) is 14.7. The normalized spacial score (nSPS) is 11.2. The molecule has 7 nitrogen and oxygen atoms in total. The second kappa shape index (κ2) is 13.3. The van der Waals surface area contributed by atoms with Gasteiger partial charge in [-0.05, 0) is 49.2 Å². The summed E-state index contributed by atoms with van der Waals surface area (Å²) in [5, 5.41) is 32.0. The fourth-order valence-electron chi connectivity index (χ4n) is 5.20. The van der Waals surface area contributed by atoms with Crippen LogP contribution in [0.25, 0.3) is 16.7 Å². The van der Waals surface area contributed by atoms with Gasteiger partial charge in [0.25, 0.3) is 0 Å². The van der Waals surface area contributed by atoms with E-state index in [-0.39, 0.29) is 29.3 Å². The second-order valence-corrected chi connectivity index (χ2v) is 10.7. The largest absolute Gasteiger partial charge is 0.507 e. The van der Waals surface area contributed by atoms with Gasteiger partial charge < -0.3 is 14.9 Å². The number of hydrogen-bond donors (Lipinski definition) is 2. The van der Waals surface area contributed by atoms with Gasteiger partial charge in [-0.2, -0.15) is 0 Å². The van der Waals surface area contributed by atoms with Crippen LogP contribution in [0.1, 0.15) is 78.1 Å². The molecule has 1 heterocycles. The average Bonchev–Trinajstić information content (AvgIpc) is 3.44. The van der Waals surface area contributed by atoms with Crippen LogP contribution in [0.4, 0.5) is 0 Å². The summed E-state index contributed by atoms with van der Waals surface area (Å²) in [7, 11) is 0. The number of phenolic OH excluding ortho intramolecular Hbond substituents is 2. The number of nitrogens with zero attached hydrogens (tertiary/aromatic N) is 3. The van der Waals surface area contributed by atoms with Crippen molar-refractivity contribution in [3.8, 4) is 22.9 Å². The van der Waals surface area contributed by atoms with E-state index in [1.165, 1.54) is 24.1 Å². The molecule has 0 atom stereocenters. The predicted octanol–water partition coefficient (Wildman–Crippen LogP) is 7.70. The van der Waals surface area contributed by atoms with E-state index in [0.717, 1.165) is 35.9 Å². The van der Waals surface area contributed by atoms with E-state index in [2.05, 4.69) is 17.1 Å². The summed E-state index contributed by atoms with van der Waals surface area (Å²) in [6.07, 6.45) is 6.93.